The summed E-state index contributed by atoms with van der Waals surface area (Å²) in [5.74, 6) is -0.564. The van der Waals surface area contributed by atoms with E-state index in [2.05, 4.69) is 6.58 Å². The minimum Gasteiger partial charge on any atom is -0.311 e. The fourth-order valence-corrected chi connectivity index (χ4v) is 5.79. The van der Waals surface area contributed by atoms with Gasteiger partial charge >= 0.3 is 0 Å². The predicted octanol–water partition coefficient (Wildman–Crippen LogP) is 3.20. The summed E-state index contributed by atoms with van der Waals surface area (Å²) in [6.07, 6.45) is 1.59. The van der Waals surface area contributed by atoms with Crippen molar-refractivity contribution in [1.29, 1.82) is 0 Å². The van der Waals surface area contributed by atoms with E-state index >= 15 is 0 Å². The molecule has 2 aliphatic rings. The van der Waals surface area contributed by atoms with Gasteiger partial charge < -0.3 is 9.80 Å². The van der Waals surface area contributed by atoms with Gasteiger partial charge in [0.15, 0.2) is 0 Å². The van der Waals surface area contributed by atoms with Gasteiger partial charge in [-0.05, 0) is 33.8 Å². The van der Waals surface area contributed by atoms with Gasteiger partial charge in [0.1, 0.15) is 6.04 Å². The van der Waals surface area contributed by atoms with Crippen molar-refractivity contribution in [1.82, 2.24) is 4.90 Å². The number of anilines is 1. The Bertz CT molecular complexity index is 834. The van der Waals surface area contributed by atoms with E-state index in [1.165, 1.54) is 23.1 Å². The summed E-state index contributed by atoms with van der Waals surface area (Å²) in [5, 5.41) is 11.2. The second kappa shape index (κ2) is 5.84. The van der Waals surface area contributed by atoms with Gasteiger partial charge in [0.2, 0.25) is 0 Å². The van der Waals surface area contributed by atoms with Crippen molar-refractivity contribution in [3.8, 4) is 0 Å². The largest absolute Gasteiger partial charge is 0.311 e. The Kier molecular flexibility index (Phi) is 4.14. The third-order valence-electron chi connectivity index (χ3n) is 4.75. The molecule has 7 nitrogen and oxygen atoms in total. The number of hydrogen-bond acceptors (Lipinski definition) is 5. The molecule has 3 rings (SSSR count). The third-order valence-corrected chi connectivity index (χ3v) is 6.20. The van der Waals surface area contributed by atoms with Crippen LogP contribution in [0.1, 0.15) is 38.1 Å². The average molecular weight is 375 g/mol. The molecule has 8 heteroatoms. The first-order valence-electron chi connectivity index (χ1n) is 8.26. The molecular formula is C18H21N3O4S. The molecule has 0 spiro atoms. The number of carbonyl (C=O) groups excluding carboxylic acids is 2. The number of non-ortho nitro benzene ring substituents is 1. The highest BCUT2D eigenvalue weighted by atomic mass is 32.2. The van der Waals surface area contributed by atoms with Crippen LogP contribution in [-0.2, 0) is 4.79 Å². The van der Waals surface area contributed by atoms with Crippen molar-refractivity contribution in [2.45, 2.75) is 43.4 Å². The van der Waals surface area contributed by atoms with Gasteiger partial charge in [0, 0.05) is 23.4 Å². The summed E-state index contributed by atoms with van der Waals surface area (Å²) in [5.41, 5.74) is 0.380. The summed E-state index contributed by atoms with van der Waals surface area (Å²) in [6.45, 7) is 11.6. The van der Waals surface area contributed by atoms with E-state index in [1.807, 2.05) is 27.7 Å². The number of rotatable bonds is 3. The maximum Gasteiger partial charge on any atom is 0.270 e. The predicted molar refractivity (Wildman–Crippen MR) is 101 cm³/mol. The molecule has 1 unspecified atom stereocenters. The van der Waals surface area contributed by atoms with Crippen LogP contribution in [0.3, 0.4) is 0 Å². The van der Waals surface area contributed by atoms with Crippen LogP contribution in [0, 0.1) is 10.1 Å². The van der Waals surface area contributed by atoms with Crippen LogP contribution in [0.2, 0.25) is 0 Å². The number of amides is 2. The van der Waals surface area contributed by atoms with Gasteiger partial charge in [-0.25, -0.2) is 0 Å². The lowest BCUT2D eigenvalue weighted by atomic mass is 9.99. The van der Waals surface area contributed by atoms with Gasteiger partial charge in [-0.3, -0.25) is 19.7 Å². The molecule has 0 N–H and O–H groups in total. The maximum atomic E-state index is 13.4. The number of nitro groups is 1. The highest BCUT2D eigenvalue weighted by Crippen LogP contribution is 2.53. The van der Waals surface area contributed by atoms with Gasteiger partial charge in [0.25, 0.3) is 17.5 Å². The Morgan fingerprint density at radius 1 is 1.31 bits per heavy atom. The van der Waals surface area contributed by atoms with E-state index in [4.69, 9.17) is 0 Å². The number of nitro benzene ring substituents is 1. The molecule has 1 aromatic carbocycles. The van der Waals surface area contributed by atoms with Crippen molar-refractivity contribution >= 4 is 35.0 Å². The fourth-order valence-electron chi connectivity index (χ4n) is 3.90. The summed E-state index contributed by atoms with van der Waals surface area (Å²) in [6, 6.07) is 3.38. The van der Waals surface area contributed by atoms with Gasteiger partial charge in [-0.15, -0.1) is 18.3 Å². The molecule has 1 atom stereocenters. The SMILES string of the molecule is C=CCN1C(=O)C2N(C(=O)c3cc([N+](=O)[O-])ccc31)C(C)(C)SC2(C)C. The normalized spacial score (nSPS) is 23.3. The first-order valence-corrected chi connectivity index (χ1v) is 9.07. The molecule has 138 valence electrons. The number of carbonyl (C=O) groups is 2. The van der Waals surface area contributed by atoms with E-state index in [0.29, 0.717) is 5.69 Å². The molecule has 0 bridgehead atoms. The lowest BCUT2D eigenvalue weighted by molar-refractivity contribution is -0.384. The Hall–Kier alpha value is -2.35. The zero-order valence-corrected chi connectivity index (χ0v) is 16.0. The smallest absolute Gasteiger partial charge is 0.270 e. The standard InChI is InChI=1S/C18H21N3O4S/c1-6-9-19-13-8-7-11(21(24)25)10-12(13)15(22)20-14(16(19)23)17(2,3)26-18(20,4)5/h6-8,10,14H,1,9H2,2-5H3. The van der Waals surface area contributed by atoms with Crippen molar-refractivity contribution in [2.75, 3.05) is 11.4 Å². The van der Waals surface area contributed by atoms with Crippen LogP contribution in [0.5, 0.6) is 0 Å². The average Bonchev–Trinajstić information content (AvgIpc) is 2.67. The first-order chi connectivity index (χ1) is 12.0. The molecule has 2 amide bonds. The third kappa shape index (κ3) is 2.59. The minimum atomic E-state index is -0.665. The van der Waals surface area contributed by atoms with Crippen LogP contribution in [0.4, 0.5) is 11.4 Å². The second-order valence-corrected chi connectivity index (χ2v) is 9.68. The molecule has 2 heterocycles. The second-order valence-electron chi connectivity index (χ2n) is 7.43. The summed E-state index contributed by atoms with van der Waals surface area (Å²) < 4.78 is -0.496. The molecule has 1 fully saturated rings. The van der Waals surface area contributed by atoms with Crippen molar-refractivity contribution in [2.24, 2.45) is 0 Å². The van der Waals surface area contributed by atoms with Gasteiger partial charge in [-0.2, -0.15) is 0 Å². The molecular weight excluding hydrogens is 354 g/mol. The van der Waals surface area contributed by atoms with Crippen LogP contribution in [-0.4, -0.2) is 43.8 Å². The van der Waals surface area contributed by atoms with Crippen molar-refractivity contribution in [3.63, 3.8) is 0 Å². The zero-order valence-electron chi connectivity index (χ0n) is 15.2. The first kappa shape index (κ1) is 18.4. The van der Waals surface area contributed by atoms with Gasteiger partial charge in [-0.1, -0.05) is 6.08 Å². The van der Waals surface area contributed by atoms with Crippen LogP contribution in [0.25, 0.3) is 0 Å². The summed E-state index contributed by atoms with van der Waals surface area (Å²) in [7, 11) is 0. The van der Waals surface area contributed by atoms with Crippen LogP contribution in [0.15, 0.2) is 30.9 Å². The topological polar surface area (TPSA) is 83.8 Å². The molecule has 1 saturated heterocycles. The molecule has 2 aliphatic heterocycles. The van der Waals surface area contributed by atoms with Crippen molar-refractivity contribution in [3.05, 3.63) is 46.5 Å². The lowest BCUT2D eigenvalue weighted by Gasteiger charge is -2.34. The molecule has 26 heavy (non-hydrogen) atoms. The van der Waals surface area contributed by atoms with E-state index < -0.39 is 20.6 Å². The van der Waals surface area contributed by atoms with E-state index in [9.17, 15) is 19.7 Å². The van der Waals surface area contributed by atoms with Crippen molar-refractivity contribution < 1.29 is 14.5 Å². The lowest BCUT2D eigenvalue weighted by Crippen LogP contribution is -2.55. The zero-order chi connectivity index (χ0) is 19.4. The minimum absolute atomic E-state index is 0.170. The Balaban J connectivity index is 2.28. The Labute approximate surface area is 156 Å². The van der Waals surface area contributed by atoms with E-state index in [-0.39, 0.29) is 29.6 Å². The summed E-state index contributed by atoms with van der Waals surface area (Å²) >= 11 is 1.55. The summed E-state index contributed by atoms with van der Waals surface area (Å²) in [4.78, 5) is 39.9. The van der Waals surface area contributed by atoms with Gasteiger partial charge in [0.05, 0.1) is 21.0 Å². The number of nitrogens with zero attached hydrogens (tertiary/aromatic N) is 3. The molecule has 0 radical (unpaired) electrons. The Morgan fingerprint density at radius 2 is 1.96 bits per heavy atom. The number of thioether (sulfide) groups is 1. The monoisotopic (exact) mass is 375 g/mol. The van der Waals surface area contributed by atoms with E-state index in [0.717, 1.165) is 0 Å². The maximum absolute atomic E-state index is 13.4. The molecule has 0 aliphatic carbocycles. The highest BCUT2D eigenvalue weighted by molar-refractivity contribution is 8.02. The molecule has 0 aromatic heterocycles. The molecule has 1 aromatic rings. The number of fused-ring (bicyclic) bond motifs is 2. The highest BCUT2D eigenvalue weighted by Gasteiger charge is 2.59. The quantitative estimate of drug-likeness (QED) is 0.460. The number of hydrogen-bond donors (Lipinski definition) is 0. The molecule has 0 saturated carbocycles. The van der Waals surface area contributed by atoms with Crippen LogP contribution >= 0.6 is 11.8 Å². The Morgan fingerprint density at radius 3 is 2.54 bits per heavy atom. The van der Waals surface area contributed by atoms with E-state index in [1.54, 1.807) is 22.7 Å². The number of benzene rings is 1. The fraction of sp³-hybridized carbons (Fsp3) is 0.444. The van der Waals surface area contributed by atoms with Crippen LogP contribution < -0.4 is 4.90 Å².